The molecule has 1 aliphatic heterocycles. The molecule has 188 valence electrons. The maximum absolute atomic E-state index is 13.7. The molecular formula is C25H25F2N5O4. The third-order valence-corrected chi connectivity index (χ3v) is 5.83. The number of benzene rings is 2. The number of rotatable bonds is 9. The Balaban J connectivity index is 1.17. The Morgan fingerprint density at radius 2 is 1.75 bits per heavy atom. The number of ether oxygens (including phenoxy) is 3. The van der Waals surface area contributed by atoms with E-state index in [-0.39, 0.29) is 5.69 Å². The predicted molar refractivity (Wildman–Crippen MR) is 127 cm³/mol. The lowest BCUT2D eigenvalue weighted by Crippen LogP contribution is -2.38. The molecule has 0 unspecified atom stereocenters. The highest BCUT2D eigenvalue weighted by atomic mass is 19.1. The SMILES string of the molecule is Oc1c(F)cc(-n2cc(-c3ccc4cc(OCCOCCN5CCOCC5)ccc4n3)nn2)cc1F. The first-order valence-corrected chi connectivity index (χ1v) is 11.6. The van der Waals surface area contributed by atoms with Crippen molar-refractivity contribution in [3.05, 3.63) is 60.3 Å². The summed E-state index contributed by atoms with van der Waals surface area (Å²) in [4.78, 5) is 6.93. The van der Waals surface area contributed by atoms with E-state index in [9.17, 15) is 13.9 Å². The quantitative estimate of drug-likeness (QED) is 0.353. The van der Waals surface area contributed by atoms with Crippen molar-refractivity contribution in [3.63, 3.8) is 0 Å². The molecule has 0 bridgehead atoms. The van der Waals surface area contributed by atoms with Crippen molar-refractivity contribution in [3.8, 4) is 28.6 Å². The Hall–Kier alpha value is -3.67. The van der Waals surface area contributed by atoms with E-state index < -0.39 is 17.4 Å². The summed E-state index contributed by atoms with van der Waals surface area (Å²) in [5.74, 6) is -2.47. The second-order valence-electron chi connectivity index (χ2n) is 8.27. The zero-order valence-electron chi connectivity index (χ0n) is 19.4. The molecular weight excluding hydrogens is 472 g/mol. The molecule has 0 atom stereocenters. The molecule has 1 fully saturated rings. The normalized spacial score (nSPS) is 14.4. The minimum atomic E-state index is -1.08. The van der Waals surface area contributed by atoms with E-state index in [1.165, 1.54) is 10.9 Å². The summed E-state index contributed by atoms with van der Waals surface area (Å²) in [5, 5.41) is 18.2. The fourth-order valence-corrected chi connectivity index (χ4v) is 3.87. The lowest BCUT2D eigenvalue weighted by molar-refractivity contribution is 0.0170. The summed E-state index contributed by atoms with van der Waals surface area (Å²) in [6.07, 6.45) is 1.51. The summed E-state index contributed by atoms with van der Waals surface area (Å²) in [6, 6.07) is 11.2. The monoisotopic (exact) mass is 497 g/mol. The number of phenolic OH excluding ortho intramolecular Hbond substituents is 1. The van der Waals surface area contributed by atoms with Gasteiger partial charge in [0.15, 0.2) is 17.4 Å². The van der Waals surface area contributed by atoms with E-state index in [1.807, 2.05) is 24.3 Å². The molecule has 0 saturated carbocycles. The van der Waals surface area contributed by atoms with Crippen LogP contribution in [0.2, 0.25) is 0 Å². The van der Waals surface area contributed by atoms with Gasteiger partial charge in [0, 0.05) is 37.2 Å². The number of halogens is 2. The average Bonchev–Trinajstić information content (AvgIpc) is 3.40. The molecule has 0 spiro atoms. The minimum Gasteiger partial charge on any atom is -0.503 e. The maximum atomic E-state index is 13.7. The molecule has 2 aromatic heterocycles. The van der Waals surface area contributed by atoms with Gasteiger partial charge in [0.1, 0.15) is 18.1 Å². The lowest BCUT2D eigenvalue weighted by atomic mass is 10.2. The van der Waals surface area contributed by atoms with Crippen molar-refractivity contribution < 1.29 is 28.1 Å². The van der Waals surface area contributed by atoms with Gasteiger partial charge >= 0.3 is 0 Å². The highest BCUT2D eigenvalue weighted by Gasteiger charge is 2.14. The summed E-state index contributed by atoms with van der Waals surface area (Å²) in [5.41, 5.74) is 1.81. The first kappa shape index (κ1) is 24.0. The van der Waals surface area contributed by atoms with Crippen LogP contribution in [-0.4, -0.2) is 82.7 Å². The van der Waals surface area contributed by atoms with Gasteiger partial charge in [0.25, 0.3) is 0 Å². The zero-order chi connectivity index (χ0) is 24.9. The second-order valence-corrected chi connectivity index (χ2v) is 8.27. The summed E-state index contributed by atoms with van der Waals surface area (Å²) >= 11 is 0. The third-order valence-electron chi connectivity index (χ3n) is 5.83. The summed E-state index contributed by atoms with van der Waals surface area (Å²) in [6.45, 7) is 5.96. The van der Waals surface area contributed by atoms with Crippen LogP contribution in [0.5, 0.6) is 11.5 Å². The predicted octanol–water partition coefficient (Wildman–Crippen LogP) is 3.19. The van der Waals surface area contributed by atoms with Gasteiger partial charge in [-0.25, -0.2) is 18.4 Å². The van der Waals surface area contributed by atoms with Crippen LogP contribution < -0.4 is 4.74 Å². The van der Waals surface area contributed by atoms with Crippen LogP contribution in [0.3, 0.4) is 0 Å². The Morgan fingerprint density at radius 1 is 0.944 bits per heavy atom. The van der Waals surface area contributed by atoms with Crippen molar-refractivity contribution in [2.45, 2.75) is 0 Å². The first-order valence-electron chi connectivity index (χ1n) is 11.6. The molecule has 4 aromatic rings. The molecule has 36 heavy (non-hydrogen) atoms. The molecule has 11 heteroatoms. The molecule has 5 rings (SSSR count). The number of fused-ring (bicyclic) bond motifs is 1. The van der Waals surface area contributed by atoms with E-state index in [1.54, 1.807) is 6.07 Å². The average molecular weight is 498 g/mol. The van der Waals surface area contributed by atoms with E-state index in [0.29, 0.717) is 31.2 Å². The van der Waals surface area contributed by atoms with Gasteiger partial charge in [-0.2, -0.15) is 0 Å². The van der Waals surface area contributed by atoms with Crippen LogP contribution >= 0.6 is 0 Å². The number of pyridine rings is 1. The molecule has 2 aromatic carbocycles. The second kappa shape index (κ2) is 10.9. The highest BCUT2D eigenvalue weighted by molar-refractivity contribution is 5.82. The Labute approximate surface area is 205 Å². The van der Waals surface area contributed by atoms with Gasteiger partial charge in [0.05, 0.1) is 49.5 Å². The molecule has 1 N–H and O–H groups in total. The number of nitrogens with zero attached hydrogens (tertiary/aromatic N) is 5. The summed E-state index contributed by atoms with van der Waals surface area (Å²) < 4.78 is 45.4. The van der Waals surface area contributed by atoms with Gasteiger partial charge in [-0.3, -0.25) is 4.90 Å². The highest BCUT2D eigenvalue weighted by Crippen LogP contribution is 2.26. The third kappa shape index (κ3) is 5.59. The van der Waals surface area contributed by atoms with Crippen LogP contribution in [0, 0.1) is 11.6 Å². The van der Waals surface area contributed by atoms with Crippen molar-refractivity contribution >= 4 is 10.9 Å². The number of morpholine rings is 1. The Bertz CT molecular complexity index is 1320. The number of phenols is 1. The van der Waals surface area contributed by atoms with Gasteiger partial charge in [-0.05, 0) is 24.3 Å². The molecule has 3 heterocycles. The number of hydrogen-bond donors (Lipinski definition) is 1. The molecule has 9 nitrogen and oxygen atoms in total. The van der Waals surface area contributed by atoms with Crippen LogP contribution in [0.4, 0.5) is 8.78 Å². The van der Waals surface area contributed by atoms with Gasteiger partial charge in [0.2, 0.25) is 0 Å². The van der Waals surface area contributed by atoms with Crippen molar-refractivity contribution in [2.24, 2.45) is 0 Å². The van der Waals surface area contributed by atoms with Gasteiger partial charge in [-0.1, -0.05) is 11.3 Å². The van der Waals surface area contributed by atoms with E-state index in [2.05, 4.69) is 20.2 Å². The van der Waals surface area contributed by atoms with Crippen molar-refractivity contribution in [2.75, 3.05) is 52.7 Å². The fourth-order valence-electron chi connectivity index (χ4n) is 3.87. The Kier molecular flexibility index (Phi) is 7.31. The van der Waals surface area contributed by atoms with Crippen LogP contribution in [0.25, 0.3) is 28.0 Å². The first-order chi connectivity index (χ1) is 17.6. The topological polar surface area (TPSA) is 94.8 Å². The van der Waals surface area contributed by atoms with Crippen LogP contribution in [0.15, 0.2) is 48.7 Å². The van der Waals surface area contributed by atoms with Crippen LogP contribution in [0.1, 0.15) is 0 Å². The van der Waals surface area contributed by atoms with E-state index in [0.717, 1.165) is 61.6 Å². The molecule has 0 amide bonds. The van der Waals surface area contributed by atoms with Gasteiger partial charge in [-0.15, -0.1) is 5.10 Å². The lowest BCUT2D eigenvalue weighted by Gasteiger charge is -2.26. The fraction of sp³-hybridized carbons (Fsp3) is 0.320. The van der Waals surface area contributed by atoms with Crippen molar-refractivity contribution in [1.29, 1.82) is 0 Å². The molecule has 1 aliphatic rings. The standard InChI is InChI=1S/C25H25F2N5O4/c26-20-14-18(15-21(27)25(20)33)32-16-24(29-30-32)23-3-1-17-13-19(2-4-22(17)28-23)36-12-11-35-10-7-31-5-8-34-9-6-31/h1-4,13-16,33H,5-12H2. The molecule has 0 radical (unpaired) electrons. The van der Waals surface area contributed by atoms with Gasteiger partial charge < -0.3 is 19.3 Å². The van der Waals surface area contributed by atoms with Crippen LogP contribution in [-0.2, 0) is 9.47 Å². The maximum Gasteiger partial charge on any atom is 0.187 e. The number of aromatic hydroxyl groups is 1. The molecule has 1 saturated heterocycles. The summed E-state index contributed by atoms with van der Waals surface area (Å²) in [7, 11) is 0. The zero-order valence-corrected chi connectivity index (χ0v) is 19.4. The number of aromatic nitrogens is 4. The van der Waals surface area contributed by atoms with E-state index in [4.69, 9.17) is 14.2 Å². The van der Waals surface area contributed by atoms with Crippen molar-refractivity contribution in [1.82, 2.24) is 24.9 Å². The largest absolute Gasteiger partial charge is 0.503 e. The smallest absolute Gasteiger partial charge is 0.187 e. The molecule has 0 aliphatic carbocycles. The Morgan fingerprint density at radius 3 is 2.56 bits per heavy atom. The number of hydrogen-bond acceptors (Lipinski definition) is 8. The van der Waals surface area contributed by atoms with E-state index >= 15 is 0 Å². The minimum absolute atomic E-state index is 0.0919.